The van der Waals surface area contributed by atoms with Crippen LogP contribution in [0.4, 0.5) is 0 Å². The summed E-state index contributed by atoms with van der Waals surface area (Å²) in [6.07, 6.45) is 1.15. The molecule has 0 spiro atoms. The molecule has 5 heteroatoms. The number of aryl methyl sites for hydroxylation is 1. The molecule has 0 aliphatic rings. The van der Waals surface area contributed by atoms with Crippen molar-refractivity contribution >= 4 is 0 Å². The van der Waals surface area contributed by atoms with E-state index in [0.717, 1.165) is 12.0 Å². The number of ether oxygens (including phenoxy) is 1. The summed E-state index contributed by atoms with van der Waals surface area (Å²) in [6.45, 7) is 2.15. The number of rotatable bonds is 11. The van der Waals surface area contributed by atoms with Gasteiger partial charge in [0, 0.05) is 6.04 Å². The maximum absolute atomic E-state index is 10.4. The lowest BCUT2D eigenvalue weighted by Gasteiger charge is -2.24. The van der Waals surface area contributed by atoms with Crippen LogP contribution >= 0.6 is 0 Å². The van der Waals surface area contributed by atoms with Gasteiger partial charge in [-0.05, 0) is 49.4 Å². The van der Waals surface area contributed by atoms with Crippen molar-refractivity contribution in [3.05, 3.63) is 65.7 Å². The summed E-state index contributed by atoms with van der Waals surface area (Å²) in [5.74, 6) is 0.228. The Morgan fingerprint density at radius 1 is 1.00 bits per heavy atom. The lowest BCUT2D eigenvalue weighted by molar-refractivity contribution is 0.00243. The van der Waals surface area contributed by atoms with E-state index in [0.29, 0.717) is 19.4 Å². The van der Waals surface area contributed by atoms with E-state index in [4.69, 9.17) is 9.84 Å². The maximum Gasteiger partial charge on any atom is 0.115 e. The van der Waals surface area contributed by atoms with Gasteiger partial charge < -0.3 is 20.1 Å². The zero-order chi connectivity index (χ0) is 18.8. The molecule has 0 saturated heterocycles. The van der Waals surface area contributed by atoms with E-state index in [-0.39, 0.29) is 24.5 Å². The molecule has 2 aromatic carbocycles. The summed E-state index contributed by atoms with van der Waals surface area (Å²) in [5.41, 5.74) is 2.23. The van der Waals surface area contributed by atoms with Crippen LogP contribution in [0.3, 0.4) is 0 Å². The minimum absolute atomic E-state index is 0.0392. The molecule has 0 amide bonds. The van der Waals surface area contributed by atoms with Crippen LogP contribution in [0.5, 0.6) is 5.75 Å². The van der Waals surface area contributed by atoms with Crippen molar-refractivity contribution in [1.29, 1.82) is 0 Å². The molecule has 0 saturated carbocycles. The van der Waals surface area contributed by atoms with Crippen LogP contribution in [0.15, 0.2) is 54.6 Å². The average Bonchev–Trinajstić information content (AvgIpc) is 2.66. The SMILES string of the molecule is C[C@H](CO)OC[C@@H](Cc1ccc(O)cc1)NC(O)CCc1ccccc1. The fourth-order valence-corrected chi connectivity index (χ4v) is 2.72. The number of phenolic OH excluding ortho intramolecular Hbond substituents is 1. The van der Waals surface area contributed by atoms with Crippen LogP contribution in [0, 0.1) is 0 Å². The van der Waals surface area contributed by atoms with Crippen molar-refractivity contribution in [3.63, 3.8) is 0 Å². The Morgan fingerprint density at radius 2 is 1.69 bits per heavy atom. The van der Waals surface area contributed by atoms with E-state index in [9.17, 15) is 10.2 Å². The largest absolute Gasteiger partial charge is 0.508 e. The van der Waals surface area contributed by atoms with E-state index < -0.39 is 6.23 Å². The summed E-state index contributed by atoms with van der Waals surface area (Å²) in [6, 6.07) is 17.0. The van der Waals surface area contributed by atoms with Gasteiger partial charge in [-0.2, -0.15) is 0 Å². The Kier molecular flexibility index (Phi) is 8.58. The van der Waals surface area contributed by atoms with E-state index >= 15 is 0 Å². The molecule has 0 heterocycles. The third kappa shape index (κ3) is 7.54. The highest BCUT2D eigenvalue weighted by atomic mass is 16.5. The molecule has 0 aromatic heterocycles. The van der Waals surface area contributed by atoms with Gasteiger partial charge >= 0.3 is 0 Å². The van der Waals surface area contributed by atoms with Crippen molar-refractivity contribution in [1.82, 2.24) is 5.32 Å². The molecular formula is C21H29NO4. The van der Waals surface area contributed by atoms with E-state index in [1.165, 1.54) is 5.56 Å². The Balaban J connectivity index is 1.89. The molecule has 1 unspecified atom stereocenters. The summed E-state index contributed by atoms with van der Waals surface area (Å²) >= 11 is 0. The second kappa shape index (κ2) is 10.9. The number of aliphatic hydroxyl groups excluding tert-OH is 2. The van der Waals surface area contributed by atoms with Crippen LogP contribution in [0.2, 0.25) is 0 Å². The molecule has 4 N–H and O–H groups in total. The quantitative estimate of drug-likeness (QED) is 0.463. The molecule has 0 radical (unpaired) electrons. The number of aromatic hydroxyl groups is 1. The van der Waals surface area contributed by atoms with Crippen LogP contribution < -0.4 is 5.32 Å². The molecule has 0 aliphatic carbocycles. The monoisotopic (exact) mass is 359 g/mol. The van der Waals surface area contributed by atoms with Gasteiger partial charge in [0.15, 0.2) is 0 Å². The van der Waals surface area contributed by atoms with Gasteiger partial charge in [0.2, 0.25) is 0 Å². The van der Waals surface area contributed by atoms with Gasteiger partial charge in [0.1, 0.15) is 12.0 Å². The predicted octanol–water partition coefficient (Wildman–Crippen LogP) is 2.24. The zero-order valence-electron chi connectivity index (χ0n) is 15.2. The predicted molar refractivity (Wildman–Crippen MR) is 102 cm³/mol. The fourth-order valence-electron chi connectivity index (χ4n) is 2.72. The minimum atomic E-state index is -0.648. The lowest BCUT2D eigenvalue weighted by atomic mass is 10.0. The van der Waals surface area contributed by atoms with Gasteiger partial charge in [-0.3, -0.25) is 5.32 Å². The average molecular weight is 359 g/mol. The van der Waals surface area contributed by atoms with Crippen molar-refractivity contribution < 1.29 is 20.1 Å². The molecule has 0 bridgehead atoms. The van der Waals surface area contributed by atoms with Crippen LogP contribution in [0.1, 0.15) is 24.5 Å². The first kappa shape index (κ1) is 20.4. The third-order valence-corrected chi connectivity index (χ3v) is 4.23. The highest BCUT2D eigenvalue weighted by Gasteiger charge is 2.16. The Morgan fingerprint density at radius 3 is 2.35 bits per heavy atom. The normalized spacial score (nSPS) is 14.7. The molecule has 2 aromatic rings. The Labute approximate surface area is 155 Å². The molecule has 26 heavy (non-hydrogen) atoms. The van der Waals surface area contributed by atoms with Crippen LogP contribution in [-0.4, -0.2) is 46.9 Å². The summed E-state index contributed by atoms with van der Waals surface area (Å²) in [5, 5.41) is 32.1. The number of hydrogen-bond donors (Lipinski definition) is 4. The zero-order valence-corrected chi connectivity index (χ0v) is 15.2. The first-order valence-electron chi connectivity index (χ1n) is 9.05. The van der Waals surface area contributed by atoms with Crippen molar-refractivity contribution in [2.45, 2.75) is 44.6 Å². The van der Waals surface area contributed by atoms with Gasteiger partial charge in [0.25, 0.3) is 0 Å². The first-order valence-corrected chi connectivity index (χ1v) is 9.05. The van der Waals surface area contributed by atoms with Gasteiger partial charge in [-0.1, -0.05) is 42.5 Å². The molecule has 3 atom stereocenters. The lowest BCUT2D eigenvalue weighted by Crippen LogP contribution is -2.43. The van der Waals surface area contributed by atoms with Crippen molar-refractivity contribution in [2.75, 3.05) is 13.2 Å². The van der Waals surface area contributed by atoms with Crippen LogP contribution in [0.25, 0.3) is 0 Å². The van der Waals surface area contributed by atoms with Gasteiger partial charge in [-0.25, -0.2) is 0 Å². The Bertz CT molecular complexity index is 618. The summed E-state index contributed by atoms with van der Waals surface area (Å²) < 4.78 is 5.64. The molecule has 2 rings (SSSR count). The number of nitrogens with one attached hydrogen (secondary N) is 1. The second-order valence-electron chi connectivity index (χ2n) is 6.60. The number of hydrogen-bond acceptors (Lipinski definition) is 5. The molecule has 142 valence electrons. The molecule has 0 aliphatic heterocycles. The number of benzene rings is 2. The number of phenols is 1. The highest BCUT2D eigenvalue weighted by molar-refractivity contribution is 5.26. The van der Waals surface area contributed by atoms with E-state index in [1.54, 1.807) is 12.1 Å². The molecule has 5 nitrogen and oxygen atoms in total. The first-order chi connectivity index (χ1) is 12.6. The topological polar surface area (TPSA) is 82.0 Å². The van der Waals surface area contributed by atoms with E-state index in [2.05, 4.69) is 5.32 Å². The third-order valence-electron chi connectivity index (χ3n) is 4.23. The fraction of sp³-hybridized carbons (Fsp3) is 0.429. The molecule has 0 fully saturated rings. The van der Waals surface area contributed by atoms with Gasteiger partial charge in [-0.15, -0.1) is 0 Å². The minimum Gasteiger partial charge on any atom is -0.508 e. The van der Waals surface area contributed by atoms with Crippen molar-refractivity contribution in [2.24, 2.45) is 0 Å². The summed E-state index contributed by atoms with van der Waals surface area (Å²) in [7, 11) is 0. The van der Waals surface area contributed by atoms with Gasteiger partial charge in [0.05, 0.1) is 19.3 Å². The Hall–Kier alpha value is -1.92. The molecular weight excluding hydrogens is 330 g/mol. The smallest absolute Gasteiger partial charge is 0.115 e. The maximum atomic E-state index is 10.4. The van der Waals surface area contributed by atoms with E-state index in [1.807, 2.05) is 49.4 Å². The van der Waals surface area contributed by atoms with Crippen molar-refractivity contribution in [3.8, 4) is 5.75 Å². The van der Waals surface area contributed by atoms with Crippen LogP contribution in [-0.2, 0) is 17.6 Å². The highest BCUT2D eigenvalue weighted by Crippen LogP contribution is 2.13. The summed E-state index contributed by atoms with van der Waals surface area (Å²) in [4.78, 5) is 0. The standard InChI is InChI=1S/C21H29NO4/c1-16(14-23)26-15-19(13-18-7-10-20(24)11-8-18)22-21(25)12-9-17-5-3-2-4-6-17/h2-8,10-11,16,19,21-25H,9,12-15H2,1H3/t16-,19-,21?/m1/s1. The number of aliphatic hydroxyl groups is 2. The second-order valence-corrected chi connectivity index (χ2v) is 6.60.